The lowest BCUT2D eigenvalue weighted by atomic mass is 10.0. The zero-order valence-corrected chi connectivity index (χ0v) is 12.1. The highest BCUT2D eigenvalue weighted by Crippen LogP contribution is 2.55. The first-order chi connectivity index (χ1) is 9.04. The molecule has 0 spiro atoms. The number of carbonyl (C=O) groups is 2. The van der Waals surface area contributed by atoms with Crippen molar-refractivity contribution in [3.63, 3.8) is 0 Å². The van der Waals surface area contributed by atoms with Crippen LogP contribution < -0.4 is 5.32 Å². The van der Waals surface area contributed by atoms with Crippen molar-refractivity contribution in [2.45, 2.75) is 52.0 Å². The third kappa shape index (κ3) is 3.28. The second-order valence-corrected chi connectivity index (χ2v) is 6.35. The quantitative estimate of drug-likeness (QED) is 0.776. The SMILES string of the molecule is COC(=O)C(CC(C)C)NC(=O)C1C2CCCCC21. The fourth-order valence-corrected chi connectivity index (χ4v) is 3.48. The van der Waals surface area contributed by atoms with Gasteiger partial charge in [-0.3, -0.25) is 4.79 Å². The summed E-state index contributed by atoms with van der Waals surface area (Å²) in [6.45, 7) is 4.08. The molecule has 1 N–H and O–H groups in total. The van der Waals surface area contributed by atoms with E-state index in [1.807, 2.05) is 13.8 Å². The Hall–Kier alpha value is -1.06. The number of fused-ring (bicyclic) bond motifs is 1. The molecule has 0 aromatic rings. The van der Waals surface area contributed by atoms with E-state index in [-0.39, 0.29) is 17.8 Å². The number of hydrogen-bond acceptors (Lipinski definition) is 3. The molecule has 3 atom stereocenters. The van der Waals surface area contributed by atoms with Gasteiger partial charge in [-0.25, -0.2) is 4.79 Å². The molecule has 0 aliphatic heterocycles. The molecule has 0 saturated heterocycles. The molecule has 108 valence electrons. The van der Waals surface area contributed by atoms with Crippen molar-refractivity contribution < 1.29 is 14.3 Å². The van der Waals surface area contributed by atoms with Crippen LogP contribution in [0.2, 0.25) is 0 Å². The Bertz CT molecular complexity index is 341. The molecule has 4 heteroatoms. The number of esters is 1. The fraction of sp³-hybridized carbons (Fsp3) is 0.867. The van der Waals surface area contributed by atoms with Gasteiger partial charge in [-0.2, -0.15) is 0 Å². The van der Waals surface area contributed by atoms with E-state index in [2.05, 4.69) is 5.32 Å². The Morgan fingerprint density at radius 2 is 1.79 bits per heavy atom. The van der Waals surface area contributed by atoms with E-state index in [9.17, 15) is 9.59 Å². The van der Waals surface area contributed by atoms with Crippen molar-refractivity contribution in [2.75, 3.05) is 7.11 Å². The summed E-state index contributed by atoms with van der Waals surface area (Å²) < 4.78 is 4.78. The topological polar surface area (TPSA) is 55.4 Å². The number of amides is 1. The Kier molecular flexibility index (Phi) is 4.48. The number of hydrogen-bond donors (Lipinski definition) is 1. The molecule has 1 amide bonds. The minimum Gasteiger partial charge on any atom is -0.467 e. The van der Waals surface area contributed by atoms with E-state index >= 15 is 0 Å². The minimum absolute atomic E-state index is 0.0629. The molecule has 0 heterocycles. The second kappa shape index (κ2) is 5.93. The van der Waals surface area contributed by atoms with Crippen LogP contribution in [0, 0.1) is 23.7 Å². The normalized spacial score (nSPS) is 30.4. The summed E-state index contributed by atoms with van der Waals surface area (Å²) in [5.41, 5.74) is 0. The van der Waals surface area contributed by atoms with Gasteiger partial charge in [0.15, 0.2) is 0 Å². The number of ether oxygens (including phenoxy) is 1. The maximum Gasteiger partial charge on any atom is 0.328 e. The van der Waals surface area contributed by atoms with Crippen LogP contribution in [0.25, 0.3) is 0 Å². The third-order valence-corrected chi connectivity index (χ3v) is 4.47. The maximum atomic E-state index is 12.3. The zero-order valence-electron chi connectivity index (χ0n) is 12.1. The largest absolute Gasteiger partial charge is 0.467 e. The third-order valence-electron chi connectivity index (χ3n) is 4.47. The van der Waals surface area contributed by atoms with Crippen molar-refractivity contribution in [1.82, 2.24) is 5.32 Å². The van der Waals surface area contributed by atoms with Gasteiger partial charge in [0, 0.05) is 5.92 Å². The van der Waals surface area contributed by atoms with E-state index in [0.717, 1.165) is 0 Å². The highest BCUT2D eigenvalue weighted by molar-refractivity contribution is 5.87. The lowest BCUT2D eigenvalue weighted by Crippen LogP contribution is -2.43. The van der Waals surface area contributed by atoms with Gasteiger partial charge in [0.05, 0.1) is 7.11 Å². The minimum atomic E-state index is -0.486. The molecular weight excluding hydrogens is 242 g/mol. The van der Waals surface area contributed by atoms with Crippen LogP contribution in [0.4, 0.5) is 0 Å². The highest BCUT2D eigenvalue weighted by Gasteiger charge is 2.55. The molecule has 2 aliphatic carbocycles. The van der Waals surface area contributed by atoms with Crippen LogP contribution in [-0.2, 0) is 14.3 Å². The van der Waals surface area contributed by atoms with E-state index in [1.54, 1.807) is 0 Å². The van der Waals surface area contributed by atoms with Crippen LogP contribution in [0.15, 0.2) is 0 Å². The molecule has 4 nitrogen and oxygen atoms in total. The average Bonchev–Trinajstić information content (AvgIpc) is 3.10. The molecule has 2 aliphatic rings. The summed E-state index contributed by atoms with van der Waals surface area (Å²) in [7, 11) is 1.37. The van der Waals surface area contributed by atoms with Crippen molar-refractivity contribution in [2.24, 2.45) is 23.7 Å². The van der Waals surface area contributed by atoms with Gasteiger partial charge in [0.2, 0.25) is 5.91 Å². The van der Waals surface area contributed by atoms with E-state index in [1.165, 1.54) is 32.8 Å². The van der Waals surface area contributed by atoms with Gasteiger partial charge >= 0.3 is 5.97 Å². The monoisotopic (exact) mass is 267 g/mol. The fourth-order valence-electron chi connectivity index (χ4n) is 3.48. The molecule has 19 heavy (non-hydrogen) atoms. The zero-order chi connectivity index (χ0) is 14.0. The first kappa shape index (κ1) is 14.4. The number of rotatable bonds is 5. The predicted molar refractivity (Wildman–Crippen MR) is 72.3 cm³/mol. The van der Waals surface area contributed by atoms with Gasteiger partial charge in [0.25, 0.3) is 0 Å². The molecule has 0 bridgehead atoms. The molecule has 0 aromatic heterocycles. The summed E-state index contributed by atoms with van der Waals surface area (Å²) in [6, 6.07) is -0.486. The lowest BCUT2D eigenvalue weighted by Gasteiger charge is -2.18. The Labute approximate surface area is 115 Å². The molecule has 2 saturated carbocycles. The molecular formula is C15H25NO3. The van der Waals surface area contributed by atoms with Gasteiger partial charge in [0.1, 0.15) is 6.04 Å². The molecule has 2 rings (SSSR count). The van der Waals surface area contributed by atoms with Crippen LogP contribution in [0.1, 0.15) is 46.0 Å². The summed E-state index contributed by atoms with van der Waals surface area (Å²) in [5, 5.41) is 2.90. The maximum absolute atomic E-state index is 12.3. The summed E-state index contributed by atoms with van der Waals surface area (Å²) >= 11 is 0. The van der Waals surface area contributed by atoms with Crippen LogP contribution >= 0.6 is 0 Å². The molecule has 0 aromatic carbocycles. The van der Waals surface area contributed by atoms with E-state index < -0.39 is 6.04 Å². The van der Waals surface area contributed by atoms with Crippen molar-refractivity contribution in [1.29, 1.82) is 0 Å². The Balaban J connectivity index is 1.90. The Morgan fingerprint density at radius 1 is 1.21 bits per heavy atom. The standard InChI is InChI=1S/C15H25NO3/c1-9(2)8-12(15(18)19-3)16-14(17)13-10-6-4-5-7-11(10)13/h9-13H,4-8H2,1-3H3,(H,16,17). The first-order valence-corrected chi connectivity index (χ1v) is 7.42. The van der Waals surface area contributed by atoms with Crippen molar-refractivity contribution in [3.05, 3.63) is 0 Å². The van der Waals surface area contributed by atoms with Crippen LogP contribution in [0.3, 0.4) is 0 Å². The van der Waals surface area contributed by atoms with Crippen molar-refractivity contribution >= 4 is 11.9 Å². The lowest BCUT2D eigenvalue weighted by molar-refractivity contribution is -0.145. The molecule has 3 unspecified atom stereocenters. The summed E-state index contributed by atoms with van der Waals surface area (Å²) in [4.78, 5) is 24.0. The van der Waals surface area contributed by atoms with Gasteiger partial charge in [-0.1, -0.05) is 26.7 Å². The predicted octanol–water partition coefficient (Wildman–Crippen LogP) is 2.13. The summed E-state index contributed by atoms with van der Waals surface area (Å²) in [6.07, 6.45) is 5.49. The average molecular weight is 267 g/mol. The molecule has 2 fully saturated rings. The van der Waals surface area contributed by atoms with Gasteiger partial charge < -0.3 is 10.1 Å². The smallest absolute Gasteiger partial charge is 0.328 e. The second-order valence-electron chi connectivity index (χ2n) is 6.35. The first-order valence-electron chi connectivity index (χ1n) is 7.42. The molecule has 0 radical (unpaired) electrons. The van der Waals surface area contributed by atoms with Gasteiger partial charge in [-0.15, -0.1) is 0 Å². The van der Waals surface area contributed by atoms with E-state index in [0.29, 0.717) is 24.2 Å². The van der Waals surface area contributed by atoms with Crippen LogP contribution in [-0.4, -0.2) is 25.0 Å². The summed E-state index contributed by atoms with van der Waals surface area (Å²) in [5.74, 6) is 1.39. The van der Waals surface area contributed by atoms with Gasteiger partial charge in [-0.05, 0) is 37.0 Å². The number of carbonyl (C=O) groups excluding carboxylic acids is 2. The number of methoxy groups -OCH3 is 1. The highest BCUT2D eigenvalue weighted by atomic mass is 16.5. The Morgan fingerprint density at radius 3 is 2.26 bits per heavy atom. The van der Waals surface area contributed by atoms with Crippen molar-refractivity contribution in [3.8, 4) is 0 Å². The van der Waals surface area contributed by atoms with E-state index in [4.69, 9.17) is 4.74 Å². The van der Waals surface area contributed by atoms with Crippen LogP contribution in [0.5, 0.6) is 0 Å². The number of nitrogens with one attached hydrogen (secondary N) is 1.